The maximum atomic E-state index is 13.9. The molecule has 3 rings (SSSR count). The molecule has 0 fully saturated rings. The third-order valence-electron chi connectivity index (χ3n) is 3.87. The molecule has 2 aromatic rings. The summed E-state index contributed by atoms with van der Waals surface area (Å²) < 4.78 is 20.6. The Hall–Kier alpha value is -2.50. The lowest BCUT2D eigenvalue weighted by atomic mass is 9.96. The summed E-state index contributed by atoms with van der Waals surface area (Å²) in [5, 5.41) is 4.36. The van der Waals surface area contributed by atoms with Crippen LogP contribution in [0.5, 0.6) is 0 Å². The second kappa shape index (κ2) is 6.32. The van der Waals surface area contributed by atoms with Gasteiger partial charge in [-0.15, -0.1) is 0 Å². The number of aromatic nitrogens is 2. The Morgan fingerprint density at radius 2 is 2.22 bits per heavy atom. The SMILES string of the molecule is CCOC(=O)c1nn(Cc2ccccc2F)c2c1C(C)CC=N2. The van der Waals surface area contributed by atoms with Gasteiger partial charge in [0.15, 0.2) is 11.5 Å². The molecular weight excluding hydrogens is 297 g/mol. The zero-order chi connectivity index (χ0) is 16.4. The van der Waals surface area contributed by atoms with Crippen molar-refractivity contribution in [1.82, 2.24) is 9.78 Å². The van der Waals surface area contributed by atoms with E-state index >= 15 is 0 Å². The summed E-state index contributed by atoms with van der Waals surface area (Å²) in [7, 11) is 0. The van der Waals surface area contributed by atoms with E-state index in [-0.39, 0.29) is 30.6 Å². The van der Waals surface area contributed by atoms with Gasteiger partial charge >= 0.3 is 5.97 Å². The number of ether oxygens (including phenoxy) is 1. The summed E-state index contributed by atoms with van der Waals surface area (Å²) in [6, 6.07) is 6.51. The van der Waals surface area contributed by atoms with E-state index in [0.29, 0.717) is 11.4 Å². The molecule has 0 radical (unpaired) electrons. The minimum atomic E-state index is -0.458. The molecule has 5 nitrogen and oxygen atoms in total. The van der Waals surface area contributed by atoms with Crippen LogP contribution in [0.25, 0.3) is 0 Å². The van der Waals surface area contributed by atoms with Gasteiger partial charge in [-0.1, -0.05) is 25.1 Å². The maximum absolute atomic E-state index is 13.9. The van der Waals surface area contributed by atoms with Crippen LogP contribution >= 0.6 is 0 Å². The molecule has 6 heteroatoms. The fourth-order valence-corrected chi connectivity index (χ4v) is 2.72. The lowest BCUT2D eigenvalue weighted by Gasteiger charge is -2.14. The van der Waals surface area contributed by atoms with Crippen LogP contribution in [0.1, 0.15) is 47.8 Å². The standard InChI is InChI=1S/C17H18FN3O2/c1-3-23-17(22)15-14-11(2)8-9-19-16(14)21(20-15)10-12-6-4-5-7-13(12)18/h4-7,9,11H,3,8,10H2,1-2H3. The van der Waals surface area contributed by atoms with Crippen molar-refractivity contribution >= 4 is 18.0 Å². The molecule has 1 aliphatic rings. The summed E-state index contributed by atoms with van der Waals surface area (Å²) in [6.45, 7) is 4.27. The second-order valence-electron chi connectivity index (χ2n) is 5.50. The quantitative estimate of drug-likeness (QED) is 0.812. The van der Waals surface area contributed by atoms with Gasteiger partial charge in [0.05, 0.1) is 13.2 Å². The predicted molar refractivity (Wildman–Crippen MR) is 84.9 cm³/mol. The normalized spacial score (nSPS) is 16.2. The Morgan fingerprint density at radius 3 is 2.96 bits per heavy atom. The van der Waals surface area contributed by atoms with Gasteiger partial charge in [-0.05, 0) is 25.3 Å². The smallest absolute Gasteiger partial charge is 0.359 e. The minimum Gasteiger partial charge on any atom is -0.461 e. The van der Waals surface area contributed by atoms with Crippen molar-refractivity contribution in [3.63, 3.8) is 0 Å². The Morgan fingerprint density at radius 1 is 1.43 bits per heavy atom. The molecule has 0 bridgehead atoms. The number of hydrogen-bond donors (Lipinski definition) is 0. The number of halogens is 1. The van der Waals surface area contributed by atoms with Gasteiger partial charge in [0, 0.05) is 17.3 Å². The van der Waals surface area contributed by atoms with Crippen molar-refractivity contribution < 1.29 is 13.9 Å². The fourth-order valence-electron chi connectivity index (χ4n) is 2.72. The van der Waals surface area contributed by atoms with Gasteiger partial charge in [-0.3, -0.25) is 0 Å². The van der Waals surface area contributed by atoms with Crippen LogP contribution < -0.4 is 0 Å². The molecule has 1 aliphatic heterocycles. The van der Waals surface area contributed by atoms with Gasteiger partial charge in [0.1, 0.15) is 5.82 Å². The molecule has 0 saturated heterocycles. The van der Waals surface area contributed by atoms with Crippen molar-refractivity contribution in [3.05, 3.63) is 46.9 Å². The molecule has 0 spiro atoms. The number of rotatable bonds is 4. The zero-order valence-electron chi connectivity index (χ0n) is 13.1. The molecular formula is C17H18FN3O2. The average Bonchev–Trinajstić information content (AvgIpc) is 2.90. The van der Waals surface area contributed by atoms with Gasteiger partial charge in [0.2, 0.25) is 0 Å². The molecule has 1 unspecified atom stereocenters. The van der Waals surface area contributed by atoms with E-state index in [0.717, 1.165) is 12.0 Å². The first-order chi connectivity index (χ1) is 11.1. The summed E-state index contributed by atoms with van der Waals surface area (Å²) in [5.41, 5.74) is 1.56. The van der Waals surface area contributed by atoms with Crippen LogP contribution in [-0.4, -0.2) is 28.6 Å². The van der Waals surface area contributed by atoms with E-state index in [4.69, 9.17) is 4.74 Å². The molecule has 0 N–H and O–H groups in total. The van der Waals surface area contributed by atoms with E-state index in [1.165, 1.54) is 6.07 Å². The molecule has 1 aromatic heterocycles. The molecule has 0 amide bonds. The van der Waals surface area contributed by atoms with E-state index in [1.54, 1.807) is 29.8 Å². The highest BCUT2D eigenvalue weighted by molar-refractivity contribution is 5.91. The van der Waals surface area contributed by atoms with Crippen molar-refractivity contribution in [2.24, 2.45) is 4.99 Å². The van der Waals surface area contributed by atoms with Crippen molar-refractivity contribution in [2.75, 3.05) is 6.61 Å². The molecule has 23 heavy (non-hydrogen) atoms. The summed E-state index contributed by atoms with van der Waals surface area (Å²) in [4.78, 5) is 16.5. The zero-order valence-corrected chi connectivity index (χ0v) is 13.1. The third-order valence-corrected chi connectivity index (χ3v) is 3.87. The second-order valence-corrected chi connectivity index (χ2v) is 5.50. The van der Waals surface area contributed by atoms with E-state index in [9.17, 15) is 9.18 Å². The summed E-state index contributed by atoms with van der Waals surface area (Å²) in [5.74, 6) is -0.0337. The Kier molecular flexibility index (Phi) is 4.23. The minimum absolute atomic E-state index is 0.122. The molecule has 120 valence electrons. The molecule has 0 aliphatic carbocycles. The monoisotopic (exact) mass is 315 g/mol. The van der Waals surface area contributed by atoms with Gasteiger partial charge in [-0.25, -0.2) is 18.9 Å². The number of carbonyl (C=O) groups excluding carboxylic acids is 1. The first kappa shape index (κ1) is 15.4. The number of hydrogen-bond acceptors (Lipinski definition) is 4. The van der Waals surface area contributed by atoms with Crippen LogP contribution in [0.3, 0.4) is 0 Å². The number of fused-ring (bicyclic) bond motifs is 1. The van der Waals surface area contributed by atoms with Crippen LogP contribution in [-0.2, 0) is 11.3 Å². The van der Waals surface area contributed by atoms with E-state index in [2.05, 4.69) is 10.1 Å². The molecule has 0 saturated carbocycles. The number of carbonyl (C=O) groups is 1. The number of nitrogens with zero attached hydrogens (tertiary/aromatic N) is 3. The number of benzene rings is 1. The first-order valence-electron chi connectivity index (χ1n) is 7.65. The largest absolute Gasteiger partial charge is 0.461 e. The van der Waals surface area contributed by atoms with Crippen LogP contribution in [0.2, 0.25) is 0 Å². The van der Waals surface area contributed by atoms with Crippen LogP contribution in [0.4, 0.5) is 10.2 Å². The number of aliphatic imine (C=N–C) groups is 1. The molecule has 1 aromatic carbocycles. The van der Waals surface area contributed by atoms with E-state index in [1.807, 2.05) is 13.1 Å². The molecule has 1 atom stereocenters. The Labute approximate surface area is 133 Å². The first-order valence-corrected chi connectivity index (χ1v) is 7.65. The van der Waals surface area contributed by atoms with Gasteiger partial charge in [0.25, 0.3) is 0 Å². The predicted octanol–water partition coefficient (Wildman–Crippen LogP) is 3.46. The topological polar surface area (TPSA) is 56.5 Å². The molecule has 2 heterocycles. The summed E-state index contributed by atoms with van der Waals surface area (Å²) in [6.07, 6.45) is 2.55. The Balaban J connectivity index is 2.05. The fraction of sp³-hybridized carbons (Fsp3) is 0.353. The Bertz CT molecular complexity index is 767. The van der Waals surface area contributed by atoms with Gasteiger partial charge < -0.3 is 4.74 Å². The lowest BCUT2D eigenvalue weighted by molar-refractivity contribution is 0.0516. The number of esters is 1. The third kappa shape index (κ3) is 2.88. The van der Waals surface area contributed by atoms with E-state index < -0.39 is 5.97 Å². The highest BCUT2D eigenvalue weighted by Gasteiger charge is 2.29. The van der Waals surface area contributed by atoms with Crippen molar-refractivity contribution in [3.8, 4) is 0 Å². The average molecular weight is 315 g/mol. The summed E-state index contributed by atoms with van der Waals surface area (Å²) >= 11 is 0. The lowest BCUT2D eigenvalue weighted by Crippen LogP contribution is -2.10. The van der Waals surface area contributed by atoms with Crippen LogP contribution in [0.15, 0.2) is 29.3 Å². The highest BCUT2D eigenvalue weighted by Crippen LogP contribution is 2.36. The highest BCUT2D eigenvalue weighted by atomic mass is 19.1. The van der Waals surface area contributed by atoms with Crippen molar-refractivity contribution in [1.29, 1.82) is 0 Å². The van der Waals surface area contributed by atoms with Gasteiger partial charge in [-0.2, -0.15) is 5.10 Å². The maximum Gasteiger partial charge on any atom is 0.359 e. The van der Waals surface area contributed by atoms with Crippen LogP contribution in [0, 0.1) is 5.82 Å². The van der Waals surface area contributed by atoms with Crippen molar-refractivity contribution in [2.45, 2.75) is 32.7 Å².